The van der Waals surface area contributed by atoms with Crippen molar-refractivity contribution in [3.63, 3.8) is 0 Å². The summed E-state index contributed by atoms with van der Waals surface area (Å²) in [5.41, 5.74) is 0. The number of carboxylic acid groups (broad SMARTS) is 1. The number of thioether (sulfide) groups is 1. The molecule has 1 amide bonds. The van der Waals surface area contributed by atoms with E-state index in [9.17, 15) is 9.59 Å². The molecule has 1 aromatic rings. The van der Waals surface area contributed by atoms with Crippen LogP contribution in [0.2, 0.25) is 0 Å². The maximum Gasteiger partial charge on any atom is 0.327 e. The molecule has 0 bridgehead atoms. The number of carboxylic acids is 1. The van der Waals surface area contributed by atoms with Crippen molar-refractivity contribution in [2.75, 3.05) is 5.75 Å². The number of aromatic amines is 1. The fraction of sp³-hybridized carbons (Fsp3) is 0.667. The number of tetrazole rings is 1. The van der Waals surface area contributed by atoms with Gasteiger partial charge < -0.3 is 10.0 Å². The van der Waals surface area contributed by atoms with E-state index in [1.54, 1.807) is 0 Å². The third kappa shape index (κ3) is 2.17. The van der Waals surface area contributed by atoms with Gasteiger partial charge in [-0.05, 0) is 11.1 Å². The van der Waals surface area contributed by atoms with E-state index in [1.165, 1.54) is 16.7 Å². The molecule has 2 N–H and O–H groups in total. The first-order chi connectivity index (χ1) is 8.52. The number of rotatable bonds is 3. The molecule has 2 heterocycles. The van der Waals surface area contributed by atoms with Crippen molar-refractivity contribution >= 4 is 23.6 Å². The molecule has 0 radical (unpaired) electrons. The summed E-state index contributed by atoms with van der Waals surface area (Å²) in [6.07, 6.45) is 0. The second-order valence-electron chi connectivity index (χ2n) is 4.27. The Bertz CT molecular complexity index is 449. The van der Waals surface area contributed by atoms with Gasteiger partial charge in [-0.3, -0.25) is 4.79 Å². The highest BCUT2D eigenvalue weighted by Gasteiger charge is 2.44. The Kier molecular flexibility index (Phi) is 3.50. The van der Waals surface area contributed by atoms with E-state index < -0.39 is 17.9 Å². The van der Waals surface area contributed by atoms with Crippen LogP contribution in [0.25, 0.3) is 0 Å². The predicted octanol–water partition coefficient (Wildman–Crippen LogP) is -0.176. The minimum atomic E-state index is -1.01. The van der Waals surface area contributed by atoms with Crippen LogP contribution >= 0.6 is 11.8 Å². The van der Waals surface area contributed by atoms with Crippen LogP contribution in [0.15, 0.2) is 0 Å². The topological polar surface area (TPSA) is 112 Å². The Morgan fingerprint density at radius 3 is 2.78 bits per heavy atom. The molecule has 2 atom stereocenters. The van der Waals surface area contributed by atoms with E-state index in [4.69, 9.17) is 5.11 Å². The maximum atomic E-state index is 12.2. The second kappa shape index (κ2) is 4.92. The number of H-pyrrole nitrogens is 1. The molecule has 1 fully saturated rings. The molecule has 2 rings (SSSR count). The Morgan fingerprint density at radius 1 is 1.56 bits per heavy atom. The van der Waals surface area contributed by atoms with Gasteiger partial charge in [-0.25, -0.2) is 4.79 Å². The van der Waals surface area contributed by atoms with Crippen molar-refractivity contribution in [3.05, 3.63) is 5.82 Å². The van der Waals surface area contributed by atoms with Crippen molar-refractivity contribution < 1.29 is 14.7 Å². The van der Waals surface area contributed by atoms with Crippen LogP contribution in [0, 0.1) is 5.92 Å². The number of carbonyl (C=O) groups is 2. The zero-order valence-electron chi connectivity index (χ0n) is 9.90. The highest BCUT2D eigenvalue weighted by atomic mass is 32.2. The van der Waals surface area contributed by atoms with E-state index in [1.807, 2.05) is 13.8 Å². The Balaban J connectivity index is 2.29. The average molecular weight is 271 g/mol. The number of carbonyl (C=O) groups excluding carboxylic acids is 1. The van der Waals surface area contributed by atoms with Crippen LogP contribution in [-0.4, -0.2) is 59.7 Å². The fourth-order valence-electron chi connectivity index (χ4n) is 1.86. The number of hydrogen-bond donors (Lipinski definition) is 2. The molecule has 0 saturated carbocycles. The van der Waals surface area contributed by atoms with Crippen LogP contribution in [0.5, 0.6) is 0 Å². The molecule has 1 saturated heterocycles. The summed E-state index contributed by atoms with van der Waals surface area (Å²) in [6.45, 7) is 3.89. The Hall–Kier alpha value is -1.64. The van der Waals surface area contributed by atoms with E-state index in [0.717, 1.165) is 0 Å². The Morgan fingerprint density at radius 2 is 2.28 bits per heavy atom. The van der Waals surface area contributed by atoms with Gasteiger partial charge in [-0.1, -0.05) is 13.8 Å². The third-order valence-electron chi connectivity index (χ3n) is 2.66. The van der Waals surface area contributed by atoms with Crippen LogP contribution in [0.4, 0.5) is 0 Å². The van der Waals surface area contributed by atoms with E-state index in [2.05, 4.69) is 20.6 Å². The highest BCUT2D eigenvalue weighted by Crippen LogP contribution is 2.34. The fourth-order valence-corrected chi connectivity index (χ4v) is 3.33. The zero-order valence-corrected chi connectivity index (χ0v) is 10.7. The lowest BCUT2D eigenvalue weighted by molar-refractivity contribution is -0.141. The second-order valence-corrected chi connectivity index (χ2v) is 5.42. The molecule has 0 spiro atoms. The summed E-state index contributed by atoms with van der Waals surface area (Å²) >= 11 is 1.46. The van der Waals surface area contributed by atoms with Crippen LogP contribution in [-0.2, 0) is 4.79 Å². The average Bonchev–Trinajstić information content (AvgIpc) is 2.97. The van der Waals surface area contributed by atoms with Gasteiger partial charge in [0.1, 0.15) is 6.04 Å². The van der Waals surface area contributed by atoms with Crippen molar-refractivity contribution in [2.24, 2.45) is 5.92 Å². The normalized spacial score (nSPS) is 23.6. The molecule has 1 aliphatic heterocycles. The number of hydrogen-bond acceptors (Lipinski definition) is 6. The first kappa shape index (κ1) is 12.8. The molecule has 18 heavy (non-hydrogen) atoms. The first-order valence-electron chi connectivity index (χ1n) is 5.43. The highest BCUT2D eigenvalue weighted by molar-refractivity contribution is 8.00. The Labute approximate surface area is 107 Å². The monoisotopic (exact) mass is 271 g/mol. The summed E-state index contributed by atoms with van der Waals surface area (Å²) in [5.74, 6) is -1.09. The third-order valence-corrected chi connectivity index (χ3v) is 4.28. The first-order valence-corrected chi connectivity index (χ1v) is 6.47. The SMILES string of the molecule is CC(C)C1SCC(C(=O)O)N1C(=O)c1nn[nH]n1. The molecular formula is C9H13N5O3S. The number of nitrogens with zero attached hydrogens (tertiary/aromatic N) is 4. The van der Waals surface area contributed by atoms with E-state index >= 15 is 0 Å². The van der Waals surface area contributed by atoms with Crippen molar-refractivity contribution in [3.8, 4) is 0 Å². The maximum absolute atomic E-state index is 12.2. The van der Waals surface area contributed by atoms with Gasteiger partial charge in [0, 0.05) is 5.75 Å². The summed E-state index contributed by atoms with van der Waals surface area (Å²) in [4.78, 5) is 24.7. The van der Waals surface area contributed by atoms with Crippen LogP contribution < -0.4 is 0 Å². The number of amides is 1. The molecular weight excluding hydrogens is 258 g/mol. The number of aliphatic carboxylic acids is 1. The summed E-state index contributed by atoms with van der Waals surface area (Å²) < 4.78 is 0. The molecule has 9 heteroatoms. The quantitative estimate of drug-likeness (QED) is 0.784. The van der Waals surface area contributed by atoms with Crippen LogP contribution in [0.1, 0.15) is 24.5 Å². The molecule has 98 valence electrons. The predicted molar refractivity (Wildman–Crippen MR) is 62.9 cm³/mol. The van der Waals surface area contributed by atoms with Crippen molar-refractivity contribution in [1.82, 2.24) is 25.5 Å². The molecule has 0 aliphatic carbocycles. The van der Waals surface area contributed by atoms with E-state index in [-0.39, 0.29) is 17.1 Å². The van der Waals surface area contributed by atoms with Gasteiger partial charge in [0.2, 0.25) is 0 Å². The van der Waals surface area contributed by atoms with Crippen LogP contribution in [0.3, 0.4) is 0 Å². The number of aromatic nitrogens is 4. The van der Waals surface area contributed by atoms with Gasteiger partial charge in [-0.2, -0.15) is 5.21 Å². The summed E-state index contributed by atoms with van der Waals surface area (Å²) in [7, 11) is 0. The largest absolute Gasteiger partial charge is 0.480 e. The molecule has 0 aromatic carbocycles. The molecule has 1 aromatic heterocycles. The lowest BCUT2D eigenvalue weighted by atomic mass is 10.1. The minimum absolute atomic E-state index is 0.102. The molecule has 2 unspecified atom stereocenters. The molecule has 1 aliphatic rings. The van der Waals surface area contributed by atoms with Gasteiger partial charge in [0.25, 0.3) is 11.7 Å². The standard InChI is InChI=1S/C9H13N5O3S/c1-4(2)8-14(5(3-18-8)9(16)17)7(15)6-10-12-13-11-6/h4-5,8H,3H2,1-2H3,(H,16,17)(H,10,11,12,13). The summed E-state index contributed by atoms with van der Waals surface area (Å²) in [5, 5.41) is 21.7. The van der Waals surface area contributed by atoms with Gasteiger partial charge in [0.15, 0.2) is 0 Å². The van der Waals surface area contributed by atoms with E-state index in [0.29, 0.717) is 5.75 Å². The zero-order chi connectivity index (χ0) is 13.3. The minimum Gasteiger partial charge on any atom is -0.480 e. The van der Waals surface area contributed by atoms with Crippen molar-refractivity contribution in [2.45, 2.75) is 25.3 Å². The summed E-state index contributed by atoms with van der Waals surface area (Å²) in [6, 6.07) is -0.839. The van der Waals surface area contributed by atoms with Gasteiger partial charge in [0.05, 0.1) is 5.37 Å². The van der Waals surface area contributed by atoms with Crippen molar-refractivity contribution in [1.29, 1.82) is 0 Å². The van der Waals surface area contributed by atoms with Gasteiger partial charge in [-0.15, -0.1) is 22.0 Å². The lowest BCUT2D eigenvalue weighted by Gasteiger charge is -2.28. The molecule has 8 nitrogen and oxygen atoms in total. The smallest absolute Gasteiger partial charge is 0.327 e. The van der Waals surface area contributed by atoms with Gasteiger partial charge >= 0.3 is 5.97 Å². The lowest BCUT2D eigenvalue weighted by Crippen LogP contribution is -2.47. The number of nitrogens with one attached hydrogen (secondary N) is 1.